The van der Waals surface area contributed by atoms with E-state index in [1.54, 1.807) is 14.0 Å². The molecule has 8 nitrogen and oxygen atoms in total. The van der Waals surface area contributed by atoms with Gasteiger partial charge in [0.15, 0.2) is 6.29 Å². The molecule has 2 aromatic carbocycles. The second-order valence-electron chi connectivity index (χ2n) is 8.59. The summed E-state index contributed by atoms with van der Waals surface area (Å²) in [4.78, 5) is 28.1. The van der Waals surface area contributed by atoms with Gasteiger partial charge in [0.2, 0.25) is 5.71 Å². The van der Waals surface area contributed by atoms with Gasteiger partial charge in [-0.25, -0.2) is 8.78 Å². The number of carbonyl (C=O) groups excluding carboxylic acids is 2. The van der Waals surface area contributed by atoms with Gasteiger partial charge in [0.05, 0.1) is 28.6 Å². The summed E-state index contributed by atoms with van der Waals surface area (Å²) >= 11 is 0. The summed E-state index contributed by atoms with van der Waals surface area (Å²) in [5.41, 5.74) is 0.132. The molecule has 0 saturated carbocycles. The summed E-state index contributed by atoms with van der Waals surface area (Å²) < 4.78 is 71.9. The standard InChI is InChI=1S/C24H16F5N3O3.C4H8N2/c1-30-22(34)19-17-9-16(13-4-7-18(26)14(8-13)10-33)21(31-11-24(27,28)29)32-23(17)35-20(19)12-2-5-15(25)6-3-12;1-4(3-5)6-2/h2-10H,11H2,1H3,(H,30,34)(H,31,32);4,6H,1-2H3. The fourth-order valence-corrected chi connectivity index (χ4v) is 3.58. The van der Waals surface area contributed by atoms with E-state index in [0.29, 0.717) is 5.56 Å². The van der Waals surface area contributed by atoms with Crippen molar-refractivity contribution in [3.05, 3.63) is 71.3 Å². The maximum atomic E-state index is 13.9. The van der Waals surface area contributed by atoms with Crippen LogP contribution >= 0.6 is 0 Å². The number of amides is 1. The van der Waals surface area contributed by atoms with Crippen LogP contribution in [0.2, 0.25) is 0 Å². The van der Waals surface area contributed by atoms with Crippen molar-refractivity contribution in [2.24, 2.45) is 0 Å². The largest absolute Gasteiger partial charge is 0.437 e. The number of fused-ring (bicyclic) bond motifs is 1. The molecule has 0 spiro atoms. The molecule has 0 aliphatic carbocycles. The molecule has 1 amide bonds. The summed E-state index contributed by atoms with van der Waals surface area (Å²) in [6, 6.07) is 11.8. The van der Waals surface area contributed by atoms with Gasteiger partial charge in [0.25, 0.3) is 5.91 Å². The van der Waals surface area contributed by atoms with Gasteiger partial charge >= 0.3 is 6.18 Å². The van der Waals surface area contributed by atoms with Gasteiger partial charge in [-0.15, -0.1) is 0 Å². The van der Waals surface area contributed by atoms with Crippen LogP contribution < -0.4 is 16.0 Å². The van der Waals surface area contributed by atoms with Crippen molar-refractivity contribution in [1.29, 1.82) is 5.26 Å². The maximum absolute atomic E-state index is 13.9. The first kappa shape index (κ1) is 30.7. The molecular weight excluding hydrogens is 549 g/mol. The lowest BCUT2D eigenvalue weighted by atomic mass is 10.00. The Hall–Kier alpha value is -4.83. The summed E-state index contributed by atoms with van der Waals surface area (Å²) in [6.07, 6.45) is -4.31. The smallest absolute Gasteiger partial charge is 0.405 e. The highest BCUT2D eigenvalue weighted by molar-refractivity contribution is 6.11. The zero-order valence-electron chi connectivity index (χ0n) is 22.0. The van der Waals surface area contributed by atoms with Crippen LogP contribution in [0.15, 0.2) is 52.9 Å². The van der Waals surface area contributed by atoms with Crippen molar-refractivity contribution in [3.63, 3.8) is 0 Å². The van der Waals surface area contributed by atoms with Crippen molar-refractivity contribution in [2.45, 2.75) is 19.1 Å². The van der Waals surface area contributed by atoms with Gasteiger partial charge in [0.1, 0.15) is 29.8 Å². The van der Waals surface area contributed by atoms with E-state index in [2.05, 4.69) is 20.9 Å². The van der Waals surface area contributed by atoms with E-state index in [1.165, 1.54) is 31.3 Å². The molecule has 0 bridgehead atoms. The van der Waals surface area contributed by atoms with E-state index in [9.17, 15) is 31.5 Å². The molecule has 1 atom stereocenters. The number of hydrogen-bond acceptors (Lipinski definition) is 7. The number of nitriles is 1. The molecule has 4 aromatic rings. The molecule has 0 saturated heterocycles. The van der Waals surface area contributed by atoms with Gasteiger partial charge in [0, 0.05) is 18.2 Å². The topological polar surface area (TPSA) is 120 Å². The Balaban J connectivity index is 0.000000696. The molecule has 2 aromatic heterocycles. The number of nitrogens with zero attached hydrogens (tertiary/aromatic N) is 2. The van der Waals surface area contributed by atoms with Crippen molar-refractivity contribution >= 4 is 29.1 Å². The number of furan rings is 1. The second kappa shape index (κ2) is 13.0. The van der Waals surface area contributed by atoms with Gasteiger partial charge in [-0.3, -0.25) is 9.59 Å². The minimum atomic E-state index is -4.58. The number of alkyl halides is 3. The van der Waals surface area contributed by atoms with Crippen LogP contribution in [-0.4, -0.2) is 50.0 Å². The van der Waals surface area contributed by atoms with Crippen LogP contribution in [0.5, 0.6) is 0 Å². The monoisotopic (exact) mass is 573 g/mol. The molecule has 2 heterocycles. The van der Waals surface area contributed by atoms with E-state index in [-0.39, 0.29) is 57.3 Å². The van der Waals surface area contributed by atoms with Crippen molar-refractivity contribution in [1.82, 2.24) is 15.6 Å². The Morgan fingerprint density at radius 1 is 1.10 bits per heavy atom. The molecule has 0 aliphatic rings. The average molecular weight is 574 g/mol. The van der Waals surface area contributed by atoms with E-state index in [0.717, 1.165) is 24.3 Å². The third-order valence-corrected chi connectivity index (χ3v) is 5.76. The number of anilines is 1. The van der Waals surface area contributed by atoms with Crippen LogP contribution in [-0.2, 0) is 0 Å². The molecule has 1 unspecified atom stereocenters. The van der Waals surface area contributed by atoms with E-state index >= 15 is 0 Å². The number of rotatable bonds is 7. The molecular formula is C28H24F5N5O3. The van der Waals surface area contributed by atoms with Gasteiger partial charge in [-0.1, -0.05) is 6.07 Å². The van der Waals surface area contributed by atoms with E-state index in [4.69, 9.17) is 9.68 Å². The fraction of sp³-hybridized carbons (Fsp3) is 0.214. The quantitative estimate of drug-likeness (QED) is 0.192. The number of nitrogens with one attached hydrogen (secondary N) is 3. The van der Waals surface area contributed by atoms with E-state index < -0.39 is 30.3 Å². The number of carbonyl (C=O) groups is 2. The molecule has 0 aliphatic heterocycles. The van der Waals surface area contributed by atoms with Crippen LogP contribution in [0.25, 0.3) is 33.6 Å². The lowest BCUT2D eigenvalue weighted by Crippen LogP contribution is -2.22. The zero-order valence-corrected chi connectivity index (χ0v) is 22.0. The normalized spacial score (nSPS) is 11.7. The number of halogens is 5. The molecule has 41 heavy (non-hydrogen) atoms. The number of hydrogen-bond donors (Lipinski definition) is 3. The minimum absolute atomic E-state index is 0.00926. The van der Waals surface area contributed by atoms with E-state index in [1.807, 2.05) is 6.07 Å². The van der Waals surface area contributed by atoms with Crippen molar-refractivity contribution < 1.29 is 36.0 Å². The lowest BCUT2D eigenvalue weighted by Gasteiger charge is -2.14. The van der Waals surface area contributed by atoms with Crippen LogP contribution in [0, 0.1) is 23.0 Å². The van der Waals surface area contributed by atoms with Gasteiger partial charge in [-0.2, -0.15) is 23.4 Å². The van der Waals surface area contributed by atoms with Gasteiger partial charge in [-0.05, 0) is 62.0 Å². The summed E-state index contributed by atoms with van der Waals surface area (Å²) in [7, 11) is 3.13. The molecule has 0 radical (unpaired) electrons. The van der Waals surface area contributed by atoms with Crippen molar-refractivity contribution in [3.8, 4) is 28.5 Å². The Labute approximate surface area is 231 Å². The maximum Gasteiger partial charge on any atom is 0.405 e. The predicted octanol–water partition coefficient (Wildman–Crippen LogP) is 5.70. The zero-order chi connectivity index (χ0) is 30.3. The molecule has 13 heteroatoms. The minimum Gasteiger partial charge on any atom is -0.437 e. The fourth-order valence-electron chi connectivity index (χ4n) is 3.58. The third kappa shape index (κ3) is 7.43. The number of pyridine rings is 1. The van der Waals surface area contributed by atoms with Crippen LogP contribution in [0.3, 0.4) is 0 Å². The summed E-state index contributed by atoms with van der Waals surface area (Å²) in [5, 5.41) is 15.6. The molecule has 0 fully saturated rings. The van der Waals surface area contributed by atoms with Gasteiger partial charge < -0.3 is 20.4 Å². The average Bonchev–Trinajstić information content (AvgIpc) is 3.33. The molecule has 4 rings (SSSR count). The SMILES string of the molecule is CNC(=O)c1c(-c2ccc(F)cc2)oc2nc(NCC(F)(F)F)c(-c3ccc(F)c(C=O)c3)cc12.CNC(C)C#N. The summed E-state index contributed by atoms with van der Waals surface area (Å²) in [6.45, 7) is 0.369. The second-order valence-corrected chi connectivity index (χ2v) is 8.59. The summed E-state index contributed by atoms with van der Waals surface area (Å²) in [5.74, 6) is -2.15. The predicted molar refractivity (Wildman–Crippen MR) is 142 cm³/mol. The van der Waals surface area contributed by atoms with Crippen LogP contribution in [0.4, 0.5) is 27.8 Å². The Morgan fingerprint density at radius 3 is 2.29 bits per heavy atom. The third-order valence-electron chi connectivity index (χ3n) is 5.76. The van der Waals surface area contributed by atoms with Crippen LogP contribution in [0.1, 0.15) is 27.6 Å². The Bertz CT molecular complexity index is 1590. The number of benzene rings is 2. The highest BCUT2D eigenvalue weighted by Crippen LogP contribution is 2.38. The Morgan fingerprint density at radius 2 is 1.76 bits per heavy atom. The van der Waals surface area contributed by atoms with Crippen molar-refractivity contribution in [2.75, 3.05) is 26.0 Å². The first-order chi connectivity index (χ1) is 19.4. The highest BCUT2D eigenvalue weighted by Gasteiger charge is 2.29. The highest BCUT2D eigenvalue weighted by atomic mass is 19.4. The molecule has 214 valence electrons. The first-order valence-electron chi connectivity index (χ1n) is 12.0. The lowest BCUT2D eigenvalue weighted by molar-refractivity contribution is -0.115. The number of aldehydes is 1. The Kier molecular flexibility index (Phi) is 9.75. The number of aromatic nitrogens is 1. The molecule has 3 N–H and O–H groups in total. The first-order valence-corrected chi connectivity index (χ1v) is 12.0.